The Morgan fingerprint density at radius 3 is 2.52 bits per heavy atom. The summed E-state index contributed by atoms with van der Waals surface area (Å²) in [7, 11) is 0. The molecule has 0 unspecified atom stereocenters. The molecule has 4 N–H and O–H groups in total. The summed E-state index contributed by atoms with van der Waals surface area (Å²) in [6.07, 6.45) is -6.14. The zero-order valence-electron chi connectivity index (χ0n) is 11.0. The van der Waals surface area contributed by atoms with Crippen molar-refractivity contribution in [1.82, 2.24) is 4.57 Å². The van der Waals surface area contributed by atoms with Crippen LogP contribution in [0.4, 0.5) is 0 Å². The Balaban J connectivity index is 2.06. The predicted molar refractivity (Wildman–Crippen MR) is 76.0 cm³/mol. The van der Waals surface area contributed by atoms with Crippen LogP contribution in [-0.4, -0.2) is 56.0 Å². The van der Waals surface area contributed by atoms with Gasteiger partial charge in [-0.05, 0) is 12.1 Å². The van der Waals surface area contributed by atoms with E-state index in [2.05, 4.69) is 0 Å². The molecule has 0 aliphatic carbocycles. The van der Waals surface area contributed by atoms with Gasteiger partial charge in [-0.25, -0.2) is 0 Å². The van der Waals surface area contributed by atoms with E-state index in [0.717, 1.165) is 10.9 Å². The summed E-state index contributed by atoms with van der Waals surface area (Å²) >= 11 is 6.21. The number of aliphatic hydroxyl groups excluding tert-OH is 4. The smallest absolute Gasteiger partial charge is 0.164 e. The molecule has 1 aliphatic rings. The standard InChI is InChI=1S/C14H16ClNO5/c15-10-5-7-3-1-2-4-8(7)16(10)14-13(20)12(19)11(18)9(6-17)21-14/h1-5,9,11-14,17-20H,6H2/t9-,11-,12+,13-,14-/m1/s1. The number of rotatable bonds is 2. The van der Waals surface area contributed by atoms with E-state index < -0.39 is 37.3 Å². The lowest BCUT2D eigenvalue weighted by atomic mass is 9.98. The third kappa shape index (κ3) is 2.34. The highest BCUT2D eigenvalue weighted by molar-refractivity contribution is 6.31. The van der Waals surface area contributed by atoms with Crippen molar-refractivity contribution in [2.75, 3.05) is 6.61 Å². The summed E-state index contributed by atoms with van der Waals surface area (Å²) in [6, 6.07) is 9.07. The Morgan fingerprint density at radius 2 is 1.81 bits per heavy atom. The van der Waals surface area contributed by atoms with E-state index in [1.165, 1.54) is 0 Å². The maximum atomic E-state index is 10.2. The molecule has 7 heteroatoms. The molecule has 1 aromatic carbocycles. The number of hydrogen-bond donors (Lipinski definition) is 4. The average molecular weight is 314 g/mol. The minimum Gasteiger partial charge on any atom is -0.394 e. The zero-order chi connectivity index (χ0) is 15.1. The lowest BCUT2D eigenvalue weighted by Crippen LogP contribution is -2.56. The fourth-order valence-electron chi connectivity index (χ4n) is 2.70. The highest BCUT2D eigenvalue weighted by Gasteiger charge is 2.44. The van der Waals surface area contributed by atoms with Crippen LogP contribution < -0.4 is 0 Å². The third-order valence-electron chi connectivity index (χ3n) is 3.82. The van der Waals surface area contributed by atoms with Crippen LogP contribution in [0.2, 0.25) is 5.15 Å². The minimum atomic E-state index is -1.43. The first-order valence-corrected chi connectivity index (χ1v) is 6.98. The Kier molecular flexibility index (Phi) is 3.92. The van der Waals surface area contributed by atoms with Crippen LogP contribution in [0.5, 0.6) is 0 Å². The largest absolute Gasteiger partial charge is 0.394 e. The lowest BCUT2D eigenvalue weighted by molar-refractivity contribution is -0.250. The molecule has 114 valence electrons. The van der Waals surface area contributed by atoms with Gasteiger partial charge in [0.15, 0.2) is 6.23 Å². The maximum absolute atomic E-state index is 10.2. The van der Waals surface area contributed by atoms with E-state index in [4.69, 9.17) is 16.3 Å². The van der Waals surface area contributed by atoms with Crippen LogP contribution in [0.3, 0.4) is 0 Å². The Bertz CT molecular complexity index is 643. The summed E-state index contributed by atoms with van der Waals surface area (Å²) in [4.78, 5) is 0. The van der Waals surface area contributed by atoms with Gasteiger partial charge in [0, 0.05) is 5.39 Å². The van der Waals surface area contributed by atoms with Crippen molar-refractivity contribution in [3.63, 3.8) is 0 Å². The fraction of sp³-hybridized carbons (Fsp3) is 0.429. The molecule has 0 bridgehead atoms. The molecule has 2 aromatic rings. The number of fused-ring (bicyclic) bond motifs is 1. The number of halogens is 1. The summed E-state index contributed by atoms with van der Waals surface area (Å²) in [5.74, 6) is 0. The predicted octanol–water partition coefficient (Wildman–Crippen LogP) is 0.267. The van der Waals surface area contributed by atoms with Crippen molar-refractivity contribution in [3.8, 4) is 0 Å². The van der Waals surface area contributed by atoms with Crippen LogP contribution in [0.1, 0.15) is 6.23 Å². The highest BCUT2D eigenvalue weighted by Crippen LogP contribution is 2.35. The number of para-hydroxylation sites is 1. The molecule has 0 radical (unpaired) electrons. The van der Waals surface area contributed by atoms with Crippen LogP contribution in [0, 0.1) is 0 Å². The van der Waals surface area contributed by atoms with Gasteiger partial charge >= 0.3 is 0 Å². The number of aliphatic hydroxyl groups is 4. The molecule has 1 aromatic heterocycles. The van der Waals surface area contributed by atoms with Gasteiger partial charge in [-0.2, -0.15) is 0 Å². The average Bonchev–Trinajstić information content (AvgIpc) is 2.81. The van der Waals surface area contributed by atoms with Gasteiger partial charge in [-0.15, -0.1) is 0 Å². The van der Waals surface area contributed by atoms with Crippen molar-refractivity contribution >= 4 is 22.5 Å². The molecule has 1 fully saturated rings. The van der Waals surface area contributed by atoms with E-state index in [0.29, 0.717) is 5.15 Å². The van der Waals surface area contributed by atoms with Crippen molar-refractivity contribution in [3.05, 3.63) is 35.5 Å². The molecule has 1 aliphatic heterocycles. The van der Waals surface area contributed by atoms with E-state index in [-0.39, 0.29) is 0 Å². The van der Waals surface area contributed by atoms with Crippen molar-refractivity contribution in [2.24, 2.45) is 0 Å². The summed E-state index contributed by atoms with van der Waals surface area (Å²) in [5.41, 5.74) is 0.729. The van der Waals surface area contributed by atoms with Crippen LogP contribution in [0.25, 0.3) is 10.9 Å². The van der Waals surface area contributed by atoms with Crippen LogP contribution in [0.15, 0.2) is 30.3 Å². The normalized spacial score (nSPS) is 33.5. The van der Waals surface area contributed by atoms with Gasteiger partial charge < -0.3 is 29.7 Å². The summed E-state index contributed by atoms with van der Waals surface area (Å²) in [6.45, 7) is -0.474. The SMILES string of the molecule is OC[C@H]1O[C@@H](n2c(Cl)cc3ccccc32)[C@H](O)[C@@H](O)[C@@H]1O. The van der Waals surface area contributed by atoms with Gasteiger partial charge in [-0.1, -0.05) is 29.8 Å². The quantitative estimate of drug-likeness (QED) is 0.638. The number of ether oxygens (including phenoxy) is 1. The number of benzene rings is 1. The topological polar surface area (TPSA) is 95.1 Å². The number of aromatic nitrogens is 1. The van der Waals surface area contributed by atoms with Crippen molar-refractivity contribution in [2.45, 2.75) is 30.6 Å². The van der Waals surface area contributed by atoms with E-state index in [1.54, 1.807) is 10.6 Å². The van der Waals surface area contributed by atoms with Crippen molar-refractivity contribution in [1.29, 1.82) is 0 Å². The second-order valence-corrected chi connectivity index (χ2v) is 5.50. The molecule has 6 nitrogen and oxygen atoms in total. The molecule has 2 heterocycles. The molecule has 21 heavy (non-hydrogen) atoms. The van der Waals surface area contributed by atoms with E-state index in [9.17, 15) is 20.4 Å². The van der Waals surface area contributed by atoms with E-state index in [1.807, 2.05) is 24.3 Å². The Hall–Kier alpha value is -1.15. The summed E-state index contributed by atoms with van der Waals surface area (Å²) < 4.78 is 7.07. The van der Waals surface area contributed by atoms with Crippen LogP contribution in [-0.2, 0) is 4.74 Å². The zero-order valence-corrected chi connectivity index (χ0v) is 11.8. The number of hydrogen-bond acceptors (Lipinski definition) is 5. The molecule has 3 rings (SSSR count). The van der Waals surface area contributed by atoms with Crippen LogP contribution >= 0.6 is 11.6 Å². The third-order valence-corrected chi connectivity index (χ3v) is 4.11. The first-order chi connectivity index (χ1) is 10.0. The molecule has 5 atom stereocenters. The Labute approximate surface area is 125 Å². The van der Waals surface area contributed by atoms with Gasteiger partial charge in [-0.3, -0.25) is 0 Å². The molecule has 0 saturated carbocycles. The molecule has 0 spiro atoms. The summed E-state index contributed by atoms with van der Waals surface area (Å²) in [5, 5.41) is 40.3. The first kappa shape index (κ1) is 14.8. The molecular weight excluding hydrogens is 298 g/mol. The van der Waals surface area contributed by atoms with Gasteiger partial charge in [0.25, 0.3) is 0 Å². The van der Waals surface area contributed by atoms with E-state index >= 15 is 0 Å². The highest BCUT2D eigenvalue weighted by atomic mass is 35.5. The lowest BCUT2D eigenvalue weighted by Gasteiger charge is -2.41. The molecular formula is C14H16ClNO5. The minimum absolute atomic E-state index is 0.334. The number of nitrogens with zero attached hydrogens (tertiary/aromatic N) is 1. The molecule has 0 amide bonds. The van der Waals surface area contributed by atoms with Gasteiger partial charge in [0.1, 0.15) is 29.6 Å². The molecule has 1 saturated heterocycles. The monoisotopic (exact) mass is 313 g/mol. The second-order valence-electron chi connectivity index (χ2n) is 5.12. The maximum Gasteiger partial charge on any atom is 0.164 e. The van der Waals surface area contributed by atoms with Gasteiger partial charge in [0.05, 0.1) is 12.1 Å². The fourth-order valence-corrected chi connectivity index (χ4v) is 3.00. The van der Waals surface area contributed by atoms with Gasteiger partial charge in [0.2, 0.25) is 0 Å². The second kappa shape index (κ2) is 5.57. The Morgan fingerprint density at radius 1 is 1.10 bits per heavy atom. The first-order valence-electron chi connectivity index (χ1n) is 6.60. The van der Waals surface area contributed by atoms with Crippen molar-refractivity contribution < 1.29 is 25.2 Å².